The van der Waals surface area contributed by atoms with E-state index in [0.29, 0.717) is 5.92 Å². The molecular formula is C12H20BrNO2. The zero-order valence-corrected chi connectivity index (χ0v) is 11.6. The first-order valence-corrected chi connectivity index (χ1v) is 6.44. The number of halogens is 1. The lowest BCUT2D eigenvalue weighted by atomic mass is 10.0. The smallest absolute Gasteiger partial charge is 0.169 e. The average molecular weight is 290 g/mol. The summed E-state index contributed by atoms with van der Waals surface area (Å²) in [5.74, 6) is 1.45. The minimum atomic E-state index is 0.113. The van der Waals surface area contributed by atoms with E-state index in [-0.39, 0.29) is 18.7 Å². The Labute approximate surface area is 105 Å². The molecule has 92 valence electrons. The van der Waals surface area contributed by atoms with Crippen LogP contribution in [0.1, 0.15) is 39.0 Å². The first-order chi connectivity index (χ1) is 7.52. The van der Waals surface area contributed by atoms with Gasteiger partial charge >= 0.3 is 0 Å². The second kappa shape index (κ2) is 6.42. The number of hydrogen-bond donors (Lipinski definition) is 2. The van der Waals surface area contributed by atoms with Gasteiger partial charge < -0.3 is 14.8 Å². The molecule has 2 unspecified atom stereocenters. The molecule has 1 heterocycles. The lowest BCUT2D eigenvalue weighted by molar-refractivity contribution is 0.210. The van der Waals surface area contributed by atoms with Crippen LogP contribution in [0.25, 0.3) is 0 Å². The molecule has 2 N–H and O–H groups in total. The van der Waals surface area contributed by atoms with Gasteiger partial charge in [-0.25, -0.2) is 0 Å². The van der Waals surface area contributed by atoms with E-state index in [9.17, 15) is 5.11 Å². The summed E-state index contributed by atoms with van der Waals surface area (Å²) in [6.45, 7) is 6.50. The van der Waals surface area contributed by atoms with E-state index >= 15 is 0 Å². The molecule has 2 atom stereocenters. The summed E-state index contributed by atoms with van der Waals surface area (Å²) in [5.41, 5.74) is 0. The Morgan fingerprint density at radius 1 is 1.38 bits per heavy atom. The summed E-state index contributed by atoms with van der Waals surface area (Å²) in [6, 6.07) is 4.05. The molecule has 4 heteroatoms. The molecule has 0 saturated heterocycles. The topological polar surface area (TPSA) is 45.4 Å². The highest BCUT2D eigenvalue weighted by molar-refractivity contribution is 9.10. The van der Waals surface area contributed by atoms with Gasteiger partial charge in [0.05, 0.1) is 12.6 Å². The van der Waals surface area contributed by atoms with Gasteiger partial charge in [0.25, 0.3) is 0 Å². The van der Waals surface area contributed by atoms with Crippen molar-refractivity contribution in [3.63, 3.8) is 0 Å². The van der Waals surface area contributed by atoms with Crippen LogP contribution >= 0.6 is 15.9 Å². The lowest BCUT2D eigenvalue weighted by Gasteiger charge is -2.21. The zero-order chi connectivity index (χ0) is 12.1. The predicted molar refractivity (Wildman–Crippen MR) is 68.3 cm³/mol. The Morgan fingerprint density at radius 2 is 2.06 bits per heavy atom. The van der Waals surface area contributed by atoms with Crippen molar-refractivity contribution in [2.45, 2.75) is 39.3 Å². The van der Waals surface area contributed by atoms with Crippen molar-refractivity contribution in [3.8, 4) is 0 Å². The molecule has 0 fully saturated rings. The molecule has 0 radical (unpaired) electrons. The third kappa shape index (κ3) is 4.28. The van der Waals surface area contributed by atoms with Crippen molar-refractivity contribution < 1.29 is 9.52 Å². The van der Waals surface area contributed by atoms with Crippen LogP contribution < -0.4 is 5.32 Å². The van der Waals surface area contributed by atoms with E-state index in [1.807, 2.05) is 19.1 Å². The Morgan fingerprint density at radius 3 is 2.50 bits per heavy atom. The fraction of sp³-hybridized carbons (Fsp3) is 0.667. The lowest BCUT2D eigenvalue weighted by Crippen LogP contribution is -2.35. The van der Waals surface area contributed by atoms with Crippen molar-refractivity contribution in [2.24, 2.45) is 5.92 Å². The molecule has 3 nitrogen and oxygen atoms in total. The van der Waals surface area contributed by atoms with E-state index in [0.717, 1.165) is 16.9 Å². The van der Waals surface area contributed by atoms with Gasteiger partial charge in [-0.1, -0.05) is 13.8 Å². The van der Waals surface area contributed by atoms with Crippen molar-refractivity contribution in [2.75, 3.05) is 6.61 Å². The Kier molecular flexibility index (Phi) is 5.52. The molecule has 0 spiro atoms. The maximum Gasteiger partial charge on any atom is 0.169 e. The third-order valence-electron chi connectivity index (χ3n) is 2.48. The van der Waals surface area contributed by atoms with E-state index < -0.39 is 0 Å². The van der Waals surface area contributed by atoms with E-state index in [1.54, 1.807) is 0 Å². The summed E-state index contributed by atoms with van der Waals surface area (Å²) in [7, 11) is 0. The Hall–Kier alpha value is -0.320. The van der Waals surface area contributed by atoms with Crippen LogP contribution in [-0.4, -0.2) is 17.8 Å². The normalized spacial score (nSPS) is 15.4. The summed E-state index contributed by atoms with van der Waals surface area (Å²) in [4.78, 5) is 0. The highest BCUT2D eigenvalue weighted by atomic mass is 79.9. The fourth-order valence-electron chi connectivity index (χ4n) is 1.76. The number of aliphatic hydroxyl groups is 1. The second-order valence-corrected chi connectivity index (χ2v) is 5.32. The van der Waals surface area contributed by atoms with Gasteiger partial charge in [0.2, 0.25) is 0 Å². The molecule has 0 saturated carbocycles. The molecule has 0 bridgehead atoms. The van der Waals surface area contributed by atoms with Crippen molar-refractivity contribution in [1.29, 1.82) is 0 Å². The molecular weight excluding hydrogens is 270 g/mol. The highest BCUT2D eigenvalue weighted by Crippen LogP contribution is 2.21. The van der Waals surface area contributed by atoms with E-state index in [4.69, 9.17) is 4.42 Å². The van der Waals surface area contributed by atoms with Gasteiger partial charge in [-0.15, -0.1) is 0 Å². The summed E-state index contributed by atoms with van der Waals surface area (Å²) in [5, 5.41) is 12.6. The highest BCUT2D eigenvalue weighted by Gasteiger charge is 2.16. The molecule has 0 aliphatic heterocycles. The van der Waals surface area contributed by atoms with Crippen LogP contribution in [0, 0.1) is 5.92 Å². The molecule has 1 aromatic rings. The number of nitrogens with one attached hydrogen (secondary N) is 1. The molecule has 0 aliphatic carbocycles. The van der Waals surface area contributed by atoms with Gasteiger partial charge in [0, 0.05) is 6.04 Å². The predicted octanol–water partition coefficient (Wildman–Crippen LogP) is 3.10. The monoisotopic (exact) mass is 289 g/mol. The van der Waals surface area contributed by atoms with Crippen LogP contribution in [-0.2, 0) is 0 Å². The van der Waals surface area contributed by atoms with Crippen LogP contribution in [0.3, 0.4) is 0 Å². The Bertz CT molecular complexity index is 312. The van der Waals surface area contributed by atoms with Crippen molar-refractivity contribution >= 4 is 15.9 Å². The van der Waals surface area contributed by atoms with Crippen molar-refractivity contribution in [1.82, 2.24) is 5.32 Å². The van der Waals surface area contributed by atoms with E-state index in [1.165, 1.54) is 0 Å². The maximum atomic E-state index is 9.27. The van der Waals surface area contributed by atoms with Gasteiger partial charge in [0.15, 0.2) is 4.67 Å². The first-order valence-electron chi connectivity index (χ1n) is 5.65. The molecule has 0 aliphatic rings. The number of hydrogen-bond acceptors (Lipinski definition) is 3. The number of aliphatic hydroxyl groups excluding tert-OH is 1. The van der Waals surface area contributed by atoms with Gasteiger partial charge in [-0.05, 0) is 47.3 Å². The molecule has 16 heavy (non-hydrogen) atoms. The van der Waals surface area contributed by atoms with Gasteiger partial charge in [-0.3, -0.25) is 0 Å². The second-order valence-electron chi connectivity index (χ2n) is 4.54. The Balaban J connectivity index is 2.51. The molecule has 1 rings (SSSR count). The standard InChI is InChI=1S/C12H20BrNO2/c1-8(2)6-10(7-15)14-9(3)11-4-5-12(13)16-11/h4-5,8-10,14-15H,6-7H2,1-3H3. The van der Waals surface area contributed by atoms with Crippen LogP contribution in [0.15, 0.2) is 21.2 Å². The minimum Gasteiger partial charge on any atom is -0.453 e. The number of rotatable bonds is 6. The maximum absolute atomic E-state index is 9.27. The fourth-order valence-corrected chi connectivity index (χ4v) is 2.08. The molecule has 0 amide bonds. The summed E-state index contributed by atoms with van der Waals surface area (Å²) < 4.78 is 6.20. The zero-order valence-electron chi connectivity index (χ0n) is 10.0. The van der Waals surface area contributed by atoms with Crippen LogP contribution in [0.4, 0.5) is 0 Å². The summed E-state index contributed by atoms with van der Waals surface area (Å²) in [6.07, 6.45) is 0.961. The largest absolute Gasteiger partial charge is 0.453 e. The quantitative estimate of drug-likeness (QED) is 0.846. The van der Waals surface area contributed by atoms with Crippen LogP contribution in [0.2, 0.25) is 0 Å². The third-order valence-corrected chi connectivity index (χ3v) is 2.91. The SMILES string of the molecule is CC(C)CC(CO)NC(C)c1ccc(Br)o1. The summed E-state index contributed by atoms with van der Waals surface area (Å²) >= 11 is 3.28. The van der Waals surface area contributed by atoms with Gasteiger partial charge in [-0.2, -0.15) is 0 Å². The molecule has 1 aromatic heterocycles. The average Bonchev–Trinajstić information content (AvgIpc) is 2.63. The molecule has 0 aromatic carbocycles. The van der Waals surface area contributed by atoms with Crippen LogP contribution in [0.5, 0.6) is 0 Å². The first kappa shape index (κ1) is 13.7. The van der Waals surface area contributed by atoms with Crippen molar-refractivity contribution in [3.05, 3.63) is 22.6 Å². The number of furan rings is 1. The van der Waals surface area contributed by atoms with Gasteiger partial charge in [0.1, 0.15) is 5.76 Å². The minimum absolute atomic E-state index is 0.113. The van der Waals surface area contributed by atoms with E-state index in [2.05, 4.69) is 35.1 Å².